The molecule has 2 rings (SSSR count). The van der Waals surface area contributed by atoms with E-state index in [1.807, 2.05) is 25.7 Å². The fourth-order valence-corrected chi connectivity index (χ4v) is 4.01. The molecule has 20 heavy (non-hydrogen) atoms. The van der Waals surface area contributed by atoms with Crippen LogP contribution < -0.4 is 5.32 Å². The lowest BCUT2D eigenvalue weighted by Crippen LogP contribution is -2.71. The summed E-state index contributed by atoms with van der Waals surface area (Å²) in [5, 5.41) is 3.58. The first-order valence-corrected chi connectivity index (χ1v) is 8.09. The van der Waals surface area contributed by atoms with E-state index in [4.69, 9.17) is 4.74 Å². The maximum Gasteiger partial charge on any atom is 0.239 e. The second-order valence-electron chi connectivity index (χ2n) is 6.80. The molecule has 1 aliphatic carbocycles. The first-order valence-electron chi connectivity index (χ1n) is 8.09. The molecule has 4 heteroatoms. The van der Waals surface area contributed by atoms with Crippen LogP contribution in [0.5, 0.6) is 0 Å². The van der Waals surface area contributed by atoms with Gasteiger partial charge in [0, 0.05) is 37.1 Å². The molecule has 1 saturated heterocycles. The van der Waals surface area contributed by atoms with Crippen molar-refractivity contribution in [1.82, 2.24) is 10.2 Å². The fraction of sp³-hybridized carbons (Fsp3) is 0.938. The number of nitrogens with zero attached hydrogens (tertiary/aromatic N) is 1. The Balaban J connectivity index is 1.97. The largest absolute Gasteiger partial charge is 0.377 e. The number of carbonyl (C=O) groups excluding carboxylic acids is 1. The van der Waals surface area contributed by atoms with E-state index in [2.05, 4.69) is 19.2 Å². The van der Waals surface area contributed by atoms with Crippen LogP contribution in [0, 0.1) is 11.3 Å². The van der Waals surface area contributed by atoms with Crippen molar-refractivity contribution < 1.29 is 9.53 Å². The van der Waals surface area contributed by atoms with Crippen LogP contribution in [-0.4, -0.2) is 48.7 Å². The average molecular weight is 282 g/mol. The Morgan fingerprint density at radius 2 is 2.05 bits per heavy atom. The normalized spacial score (nSPS) is 33.0. The maximum absolute atomic E-state index is 12.4. The predicted octanol–water partition coefficient (Wildman–Crippen LogP) is 2.04. The van der Waals surface area contributed by atoms with Gasteiger partial charge in [-0.2, -0.15) is 0 Å². The van der Waals surface area contributed by atoms with Gasteiger partial charge in [0.25, 0.3) is 0 Å². The topological polar surface area (TPSA) is 41.6 Å². The molecule has 0 aromatic heterocycles. The molecule has 1 aliphatic heterocycles. The lowest BCUT2D eigenvalue weighted by molar-refractivity contribution is -0.195. The maximum atomic E-state index is 12.4. The van der Waals surface area contributed by atoms with Gasteiger partial charge >= 0.3 is 0 Å². The number of carbonyl (C=O) groups is 1. The number of amides is 1. The molecule has 0 bridgehead atoms. The number of likely N-dealkylation sites (N-methyl/N-ethyl adjacent to an activating group) is 1. The SMILES string of the molecule is CCN(CC)C(=O)C(C)NC1C2CCCOC2C1(C)C. The molecule has 2 aliphatic rings. The van der Waals surface area contributed by atoms with Crippen LogP contribution in [0.4, 0.5) is 0 Å². The minimum Gasteiger partial charge on any atom is -0.377 e. The summed E-state index contributed by atoms with van der Waals surface area (Å²) in [6, 6.07) is 0.282. The number of hydrogen-bond acceptors (Lipinski definition) is 3. The molecule has 4 nitrogen and oxygen atoms in total. The summed E-state index contributed by atoms with van der Waals surface area (Å²) in [5.41, 5.74) is 0.128. The Morgan fingerprint density at radius 1 is 1.40 bits per heavy atom. The van der Waals surface area contributed by atoms with E-state index in [9.17, 15) is 4.79 Å². The summed E-state index contributed by atoms with van der Waals surface area (Å²) in [5.74, 6) is 0.789. The van der Waals surface area contributed by atoms with Gasteiger partial charge in [-0.3, -0.25) is 4.79 Å². The molecule has 4 unspecified atom stereocenters. The molecular weight excluding hydrogens is 252 g/mol. The second kappa shape index (κ2) is 6.02. The zero-order valence-corrected chi connectivity index (χ0v) is 13.6. The Morgan fingerprint density at radius 3 is 2.65 bits per heavy atom. The Labute approximate surface area is 123 Å². The van der Waals surface area contributed by atoms with Crippen molar-refractivity contribution in [2.45, 2.75) is 65.6 Å². The van der Waals surface area contributed by atoms with Crippen LogP contribution in [0.3, 0.4) is 0 Å². The molecule has 1 amide bonds. The van der Waals surface area contributed by atoms with E-state index in [-0.39, 0.29) is 17.4 Å². The van der Waals surface area contributed by atoms with Crippen molar-refractivity contribution in [3.63, 3.8) is 0 Å². The third-order valence-electron chi connectivity index (χ3n) is 5.21. The Bertz CT molecular complexity index is 352. The molecular formula is C16H30N2O2. The van der Waals surface area contributed by atoms with Crippen molar-refractivity contribution in [2.24, 2.45) is 11.3 Å². The summed E-state index contributed by atoms with van der Waals surface area (Å²) in [4.78, 5) is 14.3. The monoisotopic (exact) mass is 282 g/mol. The van der Waals surface area contributed by atoms with E-state index in [0.717, 1.165) is 26.1 Å². The van der Waals surface area contributed by atoms with Gasteiger partial charge in [-0.05, 0) is 33.6 Å². The van der Waals surface area contributed by atoms with Gasteiger partial charge in [0.15, 0.2) is 0 Å². The van der Waals surface area contributed by atoms with Crippen molar-refractivity contribution >= 4 is 5.91 Å². The van der Waals surface area contributed by atoms with Gasteiger partial charge < -0.3 is 15.0 Å². The van der Waals surface area contributed by atoms with Gasteiger partial charge in [-0.1, -0.05) is 13.8 Å². The summed E-state index contributed by atoms with van der Waals surface area (Å²) in [7, 11) is 0. The minimum atomic E-state index is -0.109. The molecule has 116 valence electrons. The number of hydrogen-bond donors (Lipinski definition) is 1. The highest BCUT2D eigenvalue weighted by atomic mass is 16.5. The lowest BCUT2D eigenvalue weighted by Gasteiger charge is -2.60. The summed E-state index contributed by atoms with van der Waals surface area (Å²) in [6.45, 7) is 13.0. The first kappa shape index (κ1) is 15.8. The minimum absolute atomic E-state index is 0.109. The van der Waals surface area contributed by atoms with E-state index in [1.54, 1.807) is 0 Å². The summed E-state index contributed by atoms with van der Waals surface area (Å²) in [6.07, 6.45) is 2.73. The molecule has 1 N–H and O–H groups in total. The van der Waals surface area contributed by atoms with Crippen molar-refractivity contribution in [3.8, 4) is 0 Å². The van der Waals surface area contributed by atoms with Crippen LogP contribution >= 0.6 is 0 Å². The van der Waals surface area contributed by atoms with Crippen molar-refractivity contribution in [3.05, 3.63) is 0 Å². The van der Waals surface area contributed by atoms with Crippen LogP contribution in [0.15, 0.2) is 0 Å². The Kier molecular flexibility index (Phi) is 4.75. The fourth-order valence-electron chi connectivity index (χ4n) is 4.01. The van der Waals surface area contributed by atoms with Crippen LogP contribution in [0.2, 0.25) is 0 Å². The third-order valence-corrected chi connectivity index (χ3v) is 5.21. The van der Waals surface area contributed by atoms with Gasteiger partial charge in [0.1, 0.15) is 0 Å². The van der Waals surface area contributed by atoms with E-state index < -0.39 is 0 Å². The smallest absolute Gasteiger partial charge is 0.239 e. The molecule has 1 heterocycles. The van der Waals surface area contributed by atoms with Gasteiger partial charge in [-0.15, -0.1) is 0 Å². The van der Waals surface area contributed by atoms with E-state index in [1.165, 1.54) is 6.42 Å². The quantitative estimate of drug-likeness (QED) is 0.839. The van der Waals surface area contributed by atoms with Crippen LogP contribution in [0.1, 0.15) is 47.5 Å². The Hall–Kier alpha value is -0.610. The molecule has 0 aromatic rings. The molecule has 0 radical (unpaired) electrons. The van der Waals surface area contributed by atoms with Crippen molar-refractivity contribution in [1.29, 1.82) is 0 Å². The number of fused-ring (bicyclic) bond motifs is 1. The standard InChI is InChI=1S/C16H30N2O2/c1-6-18(7-2)15(19)11(3)17-13-12-9-8-10-20-14(12)16(13,4)5/h11-14,17H,6-10H2,1-5H3. The van der Waals surface area contributed by atoms with Gasteiger partial charge in [0.2, 0.25) is 5.91 Å². The van der Waals surface area contributed by atoms with Crippen molar-refractivity contribution in [2.75, 3.05) is 19.7 Å². The van der Waals surface area contributed by atoms with E-state index in [0.29, 0.717) is 18.1 Å². The number of ether oxygens (including phenoxy) is 1. The molecule has 2 fully saturated rings. The van der Waals surface area contributed by atoms with Gasteiger partial charge in [-0.25, -0.2) is 0 Å². The predicted molar refractivity (Wildman–Crippen MR) is 80.6 cm³/mol. The molecule has 4 atom stereocenters. The highest BCUT2D eigenvalue weighted by molar-refractivity contribution is 5.81. The number of rotatable bonds is 5. The first-order chi connectivity index (χ1) is 9.43. The zero-order chi connectivity index (χ0) is 14.9. The molecule has 1 saturated carbocycles. The lowest BCUT2D eigenvalue weighted by atomic mass is 9.55. The number of nitrogens with one attached hydrogen (secondary N) is 1. The second-order valence-corrected chi connectivity index (χ2v) is 6.80. The van der Waals surface area contributed by atoms with Gasteiger partial charge in [0.05, 0.1) is 12.1 Å². The highest BCUT2D eigenvalue weighted by Gasteiger charge is 2.58. The zero-order valence-electron chi connectivity index (χ0n) is 13.6. The summed E-state index contributed by atoms with van der Waals surface area (Å²) >= 11 is 0. The summed E-state index contributed by atoms with van der Waals surface area (Å²) < 4.78 is 5.92. The molecule has 0 spiro atoms. The van der Waals surface area contributed by atoms with E-state index >= 15 is 0 Å². The van der Waals surface area contributed by atoms with Crippen LogP contribution in [-0.2, 0) is 9.53 Å². The average Bonchev–Trinajstić information content (AvgIpc) is 2.45. The third kappa shape index (κ3) is 2.60. The van der Waals surface area contributed by atoms with Crippen LogP contribution in [0.25, 0.3) is 0 Å². The highest BCUT2D eigenvalue weighted by Crippen LogP contribution is 2.51. The molecule has 0 aromatic carbocycles.